The van der Waals surface area contributed by atoms with E-state index in [2.05, 4.69) is 72.5 Å². The summed E-state index contributed by atoms with van der Waals surface area (Å²) in [5.74, 6) is 2.79. The van der Waals surface area contributed by atoms with Gasteiger partial charge in [-0.3, -0.25) is 0 Å². The van der Waals surface area contributed by atoms with Crippen LogP contribution in [0.25, 0.3) is 0 Å². The molecule has 0 amide bonds. The number of hydrogen-bond donors (Lipinski definition) is 0. The molecule has 3 aromatic carbocycles. The summed E-state index contributed by atoms with van der Waals surface area (Å²) in [5, 5.41) is 0. The van der Waals surface area contributed by atoms with Gasteiger partial charge >= 0.3 is 0 Å². The lowest BCUT2D eigenvalue weighted by Crippen LogP contribution is -2.25. The topological polar surface area (TPSA) is 12.5 Å². The van der Waals surface area contributed by atoms with Crippen molar-refractivity contribution < 1.29 is 4.74 Å². The fourth-order valence-electron chi connectivity index (χ4n) is 5.34. The monoisotopic (exact) mass is 381 g/mol. The van der Waals surface area contributed by atoms with Gasteiger partial charge in [0.25, 0.3) is 0 Å². The predicted molar refractivity (Wildman–Crippen MR) is 118 cm³/mol. The van der Waals surface area contributed by atoms with E-state index in [9.17, 15) is 0 Å². The fourth-order valence-corrected chi connectivity index (χ4v) is 5.34. The van der Waals surface area contributed by atoms with Crippen LogP contribution in [0.3, 0.4) is 0 Å². The van der Waals surface area contributed by atoms with Crippen molar-refractivity contribution in [1.82, 2.24) is 0 Å². The maximum Gasteiger partial charge on any atom is 0.120 e. The van der Waals surface area contributed by atoms with Crippen molar-refractivity contribution >= 4 is 11.4 Å². The van der Waals surface area contributed by atoms with Crippen LogP contribution in [0, 0.1) is 12.8 Å². The van der Waals surface area contributed by atoms with Gasteiger partial charge in [-0.15, -0.1) is 0 Å². The summed E-state index contributed by atoms with van der Waals surface area (Å²) in [6.45, 7) is 3.91. The van der Waals surface area contributed by atoms with Gasteiger partial charge in [0, 0.05) is 17.9 Å². The van der Waals surface area contributed by atoms with Crippen LogP contribution < -0.4 is 9.64 Å². The lowest BCUT2D eigenvalue weighted by Gasteiger charge is -2.33. The quantitative estimate of drug-likeness (QED) is 0.524. The summed E-state index contributed by atoms with van der Waals surface area (Å²) >= 11 is 0. The van der Waals surface area contributed by atoms with Gasteiger partial charge in [0.15, 0.2) is 0 Å². The third-order valence-electron chi connectivity index (χ3n) is 7.00. The first kappa shape index (κ1) is 17.1. The summed E-state index contributed by atoms with van der Waals surface area (Å²) < 4.78 is 6.20. The Hall–Kier alpha value is -2.74. The molecule has 2 aliphatic carbocycles. The van der Waals surface area contributed by atoms with Crippen molar-refractivity contribution in [2.45, 2.75) is 45.1 Å². The highest BCUT2D eigenvalue weighted by Crippen LogP contribution is 2.56. The second kappa shape index (κ2) is 6.66. The van der Waals surface area contributed by atoms with Crippen molar-refractivity contribution in [2.75, 3.05) is 11.4 Å². The number of aryl methyl sites for hydroxylation is 2. The van der Waals surface area contributed by atoms with Crippen LogP contribution in [0.4, 0.5) is 11.4 Å². The highest BCUT2D eigenvalue weighted by Gasteiger charge is 2.44. The first-order valence-electron chi connectivity index (χ1n) is 11.0. The van der Waals surface area contributed by atoms with Crippen LogP contribution in [0.1, 0.15) is 46.6 Å². The van der Waals surface area contributed by atoms with Crippen LogP contribution in [0.15, 0.2) is 60.7 Å². The van der Waals surface area contributed by atoms with Crippen molar-refractivity contribution in [2.24, 2.45) is 5.92 Å². The Morgan fingerprint density at radius 3 is 2.83 bits per heavy atom. The number of para-hydroxylation sites is 1. The van der Waals surface area contributed by atoms with Crippen LogP contribution >= 0.6 is 0 Å². The minimum Gasteiger partial charge on any atom is -0.489 e. The van der Waals surface area contributed by atoms with Crippen LogP contribution in [0.2, 0.25) is 0 Å². The molecular weight excluding hydrogens is 354 g/mol. The summed E-state index contributed by atoms with van der Waals surface area (Å²) in [6, 6.07) is 22.3. The molecule has 0 saturated heterocycles. The van der Waals surface area contributed by atoms with Gasteiger partial charge < -0.3 is 9.64 Å². The number of anilines is 2. The highest BCUT2D eigenvalue weighted by molar-refractivity contribution is 5.70. The maximum absolute atomic E-state index is 6.20. The smallest absolute Gasteiger partial charge is 0.120 e. The van der Waals surface area contributed by atoms with Crippen molar-refractivity contribution in [3.05, 3.63) is 88.5 Å². The summed E-state index contributed by atoms with van der Waals surface area (Å²) in [7, 11) is 0. The van der Waals surface area contributed by atoms with E-state index in [1.165, 1.54) is 52.9 Å². The maximum atomic E-state index is 6.20. The lowest BCUT2D eigenvalue weighted by atomic mass is 9.98. The van der Waals surface area contributed by atoms with Crippen molar-refractivity contribution in [3.8, 4) is 5.75 Å². The van der Waals surface area contributed by atoms with E-state index < -0.39 is 0 Å². The molecule has 0 bridgehead atoms. The van der Waals surface area contributed by atoms with Crippen LogP contribution in [0.5, 0.6) is 5.75 Å². The molecule has 2 nitrogen and oxygen atoms in total. The molecule has 1 heterocycles. The fraction of sp³-hybridized carbons (Fsp3) is 0.333. The third-order valence-corrected chi connectivity index (χ3v) is 7.00. The largest absolute Gasteiger partial charge is 0.489 e. The Morgan fingerprint density at radius 1 is 0.966 bits per heavy atom. The van der Waals surface area contributed by atoms with Crippen LogP contribution in [-0.2, 0) is 19.4 Å². The molecule has 3 aliphatic rings. The first-order valence-corrected chi connectivity index (χ1v) is 11.0. The normalized spacial score (nSPS) is 21.3. The van der Waals surface area contributed by atoms with Gasteiger partial charge in [-0.25, -0.2) is 0 Å². The molecule has 0 aromatic heterocycles. The number of benzene rings is 3. The average molecular weight is 382 g/mol. The molecule has 2 unspecified atom stereocenters. The van der Waals surface area contributed by atoms with Gasteiger partial charge in [-0.1, -0.05) is 36.4 Å². The Kier molecular flexibility index (Phi) is 3.94. The van der Waals surface area contributed by atoms with Gasteiger partial charge in [0.2, 0.25) is 0 Å². The summed E-state index contributed by atoms with van der Waals surface area (Å²) in [4.78, 5) is 2.49. The average Bonchev–Trinajstić information content (AvgIpc) is 3.43. The van der Waals surface area contributed by atoms with Gasteiger partial charge in [-0.05, 0) is 96.5 Å². The molecule has 0 spiro atoms. The zero-order chi connectivity index (χ0) is 19.4. The Balaban J connectivity index is 1.24. The molecule has 2 atom stereocenters. The number of fused-ring (bicyclic) bond motifs is 4. The third kappa shape index (κ3) is 3.02. The van der Waals surface area contributed by atoms with E-state index in [4.69, 9.17) is 4.74 Å². The van der Waals surface area contributed by atoms with E-state index in [1.54, 1.807) is 5.56 Å². The SMILES string of the molecule is Cc1ccccc1N1CCCc2ccc(COc3ccc4c(c3)CC3CC43)cc21. The first-order chi connectivity index (χ1) is 14.3. The molecule has 2 heteroatoms. The van der Waals surface area contributed by atoms with Gasteiger partial charge in [-0.2, -0.15) is 0 Å². The number of ether oxygens (including phenoxy) is 1. The Labute approximate surface area is 173 Å². The van der Waals surface area contributed by atoms with Gasteiger partial charge in [0.1, 0.15) is 12.4 Å². The predicted octanol–water partition coefficient (Wildman–Crippen LogP) is 6.32. The van der Waals surface area contributed by atoms with Crippen molar-refractivity contribution in [1.29, 1.82) is 0 Å². The number of hydrogen-bond acceptors (Lipinski definition) is 2. The Bertz CT molecular complexity index is 1090. The van der Waals surface area contributed by atoms with E-state index in [-0.39, 0.29) is 0 Å². The molecule has 3 aromatic rings. The zero-order valence-corrected chi connectivity index (χ0v) is 17.0. The van der Waals surface area contributed by atoms with Crippen molar-refractivity contribution in [3.63, 3.8) is 0 Å². The summed E-state index contributed by atoms with van der Waals surface area (Å²) in [6.07, 6.45) is 5.02. The zero-order valence-electron chi connectivity index (χ0n) is 17.0. The lowest BCUT2D eigenvalue weighted by molar-refractivity contribution is 0.306. The summed E-state index contributed by atoms with van der Waals surface area (Å²) in [5.41, 5.74) is 9.78. The molecular formula is C27H27NO. The molecule has 1 saturated carbocycles. The highest BCUT2D eigenvalue weighted by atomic mass is 16.5. The molecule has 1 aliphatic heterocycles. The minimum absolute atomic E-state index is 0.626. The Morgan fingerprint density at radius 2 is 1.90 bits per heavy atom. The van der Waals surface area contributed by atoms with E-state index in [1.807, 2.05) is 0 Å². The molecule has 0 radical (unpaired) electrons. The number of nitrogens with zero attached hydrogens (tertiary/aromatic N) is 1. The second-order valence-corrected chi connectivity index (χ2v) is 8.96. The molecule has 29 heavy (non-hydrogen) atoms. The van der Waals surface area contributed by atoms with E-state index >= 15 is 0 Å². The number of rotatable bonds is 4. The molecule has 146 valence electrons. The molecule has 0 N–H and O–H groups in total. The standard InChI is InChI=1S/C27H27NO/c1-18-5-2-3-7-26(18)28-12-4-6-20-9-8-19(13-27(20)28)17-29-23-10-11-24-21(15-23)14-22-16-25(22)24/h2-3,5,7-11,13,15,22,25H,4,6,12,14,16-17H2,1H3. The van der Waals surface area contributed by atoms with E-state index in [0.29, 0.717) is 6.61 Å². The minimum atomic E-state index is 0.626. The second-order valence-electron chi connectivity index (χ2n) is 8.96. The van der Waals surface area contributed by atoms with Crippen LogP contribution in [-0.4, -0.2) is 6.54 Å². The van der Waals surface area contributed by atoms with Gasteiger partial charge in [0.05, 0.1) is 0 Å². The molecule has 6 rings (SSSR count). The molecule has 1 fully saturated rings. The van der Waals surface area contributed by atoms with E-state index in [0.717, 1.165) is 30.6 Å².